The highest BCUT2D eigenvalue weighted by molar-refractivity contribution is 6.30. The van der Waals surface area contributed by atoms with E-state index in [1.807, 2.05) is 0 Å². The topological polar surface area (TPSA) is 72.5 Å². The molecule has 2 rings (SSSR count). The van der Waals surface area contributed by atoms with Crippen molar-refractivity contribution in [3.05, 3.63) is 52.8 Å². The summed E-state index contributed by atoms with van der Waals surface area (Å²) in [6, 6.07) is 8.49. The SMILES string of the molecule is Nc1c(Oc2cccc(Cl)c2F)cccc1C(=O)O. The molecule has 0 aromatic heterocycles. The highest BCUT2D eigenvalue weighted by atomic mass is 35.5. The molecule has 0 unspecified atom stereocenters. The number of carbonyl (C=O) groups is 1. The summed E-state index contributed by atoms with van der Waals surface area (Å²) in [5, 5.41) is 8.83. The van der Waals surface area contributed by atoms with E-state index < -0.39 is 11.8 Å². The summed E-state index contributed by atoms with van der Waals surface area (Å²) in [6.07, 6.45) is 0. The van der Waals surface area contributed by atoms with E-state index in [1.54, 1.807) is 0 Å². The molecule has 0 aliphatic rings. The van der Waals surface area contributed by atoms with Crippen LogP contribution in [0, 0.1) is 5.82 Å². The molecule has 6 heteroatoms. The number of halogens is 2. The fourth-order valence-corrected chi connectivity index (χ4v) is 1.67. The third-order valence-corrected chi connectivity index (χ3v) is 2.72. The molecule has 0 radical (unpaired) electrons. The van der Waals surface area contributed by atoms with E-state index in [0.717, 1.165) is 0 Å². The fourth-order valence-electron chi connectivity index (χ4n) is 1.50. The van der Waals surface area contributed by atoms with E-state index in [9.17, 15) is 9.18 Å². The molecule has 0 saturated heterocycles. The van der Waals surface area contributed by atoms with E-state index in [2.05, 4.69) is 0 Å². The molecule has 0 spiro atoms. The Morgan fingerprint density at radius 2 is 1.84 bits per heavy atom. The molecule has 0 aliphatic heterocycles. The molecule has 2 aromatic carbocycles. The Labute approximate surface area is 113 Å². The second kappa shape index (κ2) is 5.16. The minimum atomic E-state index is -1.19. The zero-order valence-electron chi connectivity index (χ0n) is 9.56. The zero-order valence-corrected chi connectivity index (χ0v) is 10.3. The van der Waals surface area contributed by atoms with Crippen molar-refractivity contribution in [1.29, 1.82) is 0 Å². The van der Waals surface area contributed by atoms with Gasteiger partial charge in [0.1, 0.15) is 0 Å². The predicted molar refractivity (Wildman–Crippen MR) is 69.3 cm³/mol. The van der Waals surface area contributed by atoms with E-state index in [-0.39, 0.29) is 27.8 Å². The van der Waals surface area contributed by atoms with Crippen LogP contribution in [0.2, 0.25) is 5.02 Å². The van der Waals surface area contributed by atoms with Crippen LogP contribution in [0.15, 0.2) is 36.4 Å². The average molecular weight is 282 g/mol. The zero-order chi connectivity index (χ0) is 14.0. The number of carboxylic acid groups (broad SMARTS) is 1. The molecule has 19 heavy (non-hydrogen) atoms. The number of hydrogen-bond acceptors (Lipinski definition) is 3. The molecule has 4 nitrogen and oxygen atoms in total. The van der Waals surface area contributed by atoms with Gasteiger partial charge in [0, 0.05) is 0 Å². The molecule has 0 fully saturated rings. The van der Waals surface area contributed by atoms with Gasteiger partial charge in [0.05, 0.1) is 16.3 Å². The van der Waals surface area contributed by atoms with Crippen molar-refractivity contribution < 1.29 is 19.0 Å². The number of rotatable bonds is 3. The molecule has 3 N–H and O–H groups in total. The van der Waals surface area contributed by atoms with Crippen LogP contribution in [-0.4, -0.2) is 11.1 Å². The smallest absolute Gasteiger partial charge is 0.337 e. The van der Waals surface area contributed by atoms with Gasteiger partial charge in [0.25, 0.3) is 0 Å². The Morgan fingerprint density at radius 1 is 1.21 bits per heavy atom. The van der Waals surface area contributed by atoms with Gasteiger partial charge < -0.3 is 15.6 Å². The summed E-state index contributed by atoms with van der Waals surface area (Å²) in [7, 11) is 0. The van der Waals surface area contributed by atoms with Crippen molar-refractivity contribution >= 4 is 23.3 Å². The number of carboxylic acids is 1. The molecule has 0 amide bonds. The van der Waals surface area contributed by atoms with E-state index in [4.69, 9.17) is 27.2 Å². The van der Waals surface area contributed by atoms with Gasteiger partial charge in [-0.2, -0.15) is 0 Å². The fraction of sp³-hybridized carbons (Fsp3) is 0. The molecule has 0 saturated carbocycles. The van der Waals surface area contributed by atoms with E-state index in [0.29, 0.717) is 0 Å². The Kier molecular flexibility index (Phi) is 3.57. The van der Waals surface area contributed by atoms with Crippen molar-refractivity contribution in [2.75, 3.05) is 5.73 Å². The number of ether oxygens (including phenoxy) is 1. The monoisotopic (exact) mass is 281 g/mol. The summed E-state index contributed by atoms with van der Waals surface area (Å²) in [6.45, 7) is 0. The van der Waals surface area contributed by atoms with Crippen LogP contribution in [0.1, 0.15) is 10.4 Å². The van der Waals surface area contributed by atoms with Crippen molar-refractivity contribution in [3.63, 3.8) is 0 Å². The van der Waals surface area contributed by atoms with Crippen LogP contribution >= 0.6 is 11.6 Å². The van der Waals surface area contributed by atoms with Gasteiger partial charge in [0.15, 0.2) is 17.3 Å². The van der Waals surface area contributed by atoms with Crippen LogP contribution in [0.25, 0.3) is 0 Å². The minimum Gasteiger partial charge on any atom is -0.478 e. The van der Waals surface area contributed by atoms with Crippen molar-refractivity contribution in [3.8, 4) is 11.5 Å². The average Bonchev–Trinajstić information content (AvgIpc) is 2.37. The summed E-state index contributed by atoms with van der Waals surface area (Å²) in [4.78, 5) is 10.9. The third-order valence-electron chi connectivity index (χ3n) is 2.43. The summed E-state index contributed by atoms with van der Waals surface area (Å²) in [5.41, 5.74) is 5.47. The lowest BCUT2D eigenvalue weighted by atomic mass is 10.1. The molecule has 0 bridgehead atoms. The maximum absolute atomic E-state index is 13.7. The van der Waals surface area contributed by atoms with Gasteiger partial charge in [-0.25, -0.2) is 9.18 Å². The highest BCUT2D eigenvalue weighted by Crippen LogP contribution is 2.33. The standard InChI is InChI=1S/C13H9ClFNO3/c14-8-4-2-5-9(11(8)15)19-10-6-1-3-7(12(10)16)13(17)18/h1-6H,16H2,(H,17,18). The second-order valence-electron chi connectivity index (χ2n) is 3.68. The summed E-state index contributed by atoms with van der Waals surface area (Å²) < 4.78 is 18.9. The number of aromatic carboxylic acids is 1. The summed E-state index contributed by atoms with van der Waals surface area (Å²) >= 11 is 5.62. The number of anilines is 1. The molecule has 0 atom stereocenters. The number of benzene rings is 2. The number of para-hydroxylation sites is 1. The Balaban J connectivity index is 2.42. The Bertz CT molecular complexity index is 646. The molecular formula is C13H9ClFNO3. The second-order valence-corrected chi connectivity index (χ2v) is 4.08. The first-order chi connectivity index (χ1) is 9.00. The lowest BCUT2D eigenvalue weighted by Gasteiger charge is -2.11. The molecule has 0 heterocycles. The van der Waals surface area contributed by atoms with Crippen molar-refractivity contribution in [1.82, 2.24) is 0 Å². The Morgan fingerprint density at radius 3 is 2.53 bits per heavy atom. The summed E-state index contributed by atoms with van der Waals surface area (Å²) in [5.74, 6) is -1.98. The number of hydrogen-bond donors (Lipinski definition) is 2. The predicted octanol–water partition coefficient (Wildman–Crippen LogP) is 3.55. The lowest BCUT2D eigenvalue weighted by molar-refractivity contribution is 0.0697. The molecule has 2 aromatic rings. The molecule has 0 aliphatic carbocycles. The van der Waals surface area contributed by atoms with Crippen LogP contribution in [-0.2, 0) is 0 Å². The van der Waals surface area contributed by atoms with Gasteiger partial charge in [-0.15, -0.1) is 0 Å². The van der Waals surface area contributed by atoms with Gasteiger partial charge in [-0.05, 0) is 24.3 Å². The van der Waals surface area contributed by atoms with E-state index in [1.165, 1.54) is 36.4 Å². The Hall–Kier alpha value is -2.27. The van der Waals surface area contributed by atoms with E-state index >= 15 is 0 Å². The largest absolute Gasteiger partial charge is 0.478 e. The van der Waals surface area contributed by atoms with Gasteiger partial charge in [-0.3, -0.25) is 0 Å². The minimum absolute atomic E-state index is 0.0565. The first-order valence-corrected chi connectivity index (χ1v) is 5.62. The first kappa shape index (κ1) is 13.2. The third kappa shape index (κ3) is 2.61. The van der Waals surface area contributed by atoms with Gasteiger partial charge in [0.2, 0.25) is 0 Å². The molecular weight excluding hydrogens is 273 g/mol. The molecule has 98 valence electrons. The normalized spacial score (nSPS) is 10.2. The first-order valence-electron chi connectivity index (χ1n) is 5.24. The van der Waals surface area contributed by atoms with Crippen LogP contribution in [0.3, 0.4) is 0 Å². The van der Waals surface area contributed by atoms with Crippen LogP contribution in [0.4, 0.5) is 10.1 Å². The maximum Gasteiger partial charge on any atom is 0.337 e. The number of nitrogen functional groups attached to an aromatic ring is 1. The van der Waals surface area contributed by atoms with Gasteiger partial charge >= 0.3 is 5.97 Å². The van der Waals surface area contributed by atoms with Crippen molar-refractivity contribution in [2.45, 2.75) is 0 Å². The van der Waals surface area contributed by atoms with Crippen LogP contribution < -0.4 is 10.5 Å². The maximum atomic E-state index is 13.7. The van der Waals surface area contributed by atoms with Gasteiger partial charge in [-0.1, -0.05) is 23.7 Å². The van der Waals surface area contributed by atoms with Crippen LogP contribution in [0.5, 0.6) is 11.5 Å². The highest BCUT2D eigenvalue weighted by Gasteiger charge is 2.14. The number of nitrogens with two attached hydrogens (primary N) is 1. The quantitative estimate of drug-likeness (QED) is 0.844. The van der Waals surface area contributed by atoms with Crippen molar-refractivity contribution in [2.24, 2.45) is 0 Å². The lowest BCUT2D eigenvalue weighted by Crippen LogP contribution is -2.04.